The summed E-state index contributed by atoms with van der Waals surface area (Å²) < 4.78 is 2.21. The third-order valence-corrected chi connectivity index (χ3v) is 2.57. The van der Waals surface area contributed by atoms with Crippen LogP contribution in [0.15, 0.2) is 30.5 Å². The molecular formula is C11H13ClN2. The van der Waals surface area contributed by atoms with E-state index in [-0.39, 0.29) is 0 Å². The van der Waals surface area contributed by atoms with E-state index in [1.165, 1.54) is 10.9 Å². The Kier molecular flexibility index (Phi) is 2.75. The normalized spacial score (nSPS) is 11.0. The standard InChI is InChI=1S/C11H13ClN2/c12-10-2-3-11-9(8-10)4-7-14(11)6-1-5-13/h2-4,7-8H,1,5-6,13H2. The first-order valence-electron chi connectivity index (χ1n) is 4.76. The summed E-state index contributed by atoms with van der Waals surface area (Å²) in [4.78, 5) is 0. The first-order chi connectivity index (χ1) is 6.81. The highest BCUT2D eigenvalue weighted by Gasteiger charge is 2.00. The lowest BCUT2D eigenvalue weighted by molar-refractivity contribution is 0.671. The highest BCUT2D eigenvalue weighted by atomic mass is 35.5. The molecule has 2 aromatic rings. The van der Waals surface area contributed by atoms with Crippen molar-refractivity contribution >= 4 is 22.5 Å². The molecule has 0 spiro atoms. The van der Waals surface area contributed by atoms with Crippen molar-refractivity contribution in [2.75, 3.05) is 6.54 Å². The lowest BCUT2D eigenvalue weighted by atomic mass is 10.2. The average molecular weight is 209 g/mol. The van der Waals surface area contributed by atoms with E-state index in [1.54, 1.807) is 0 Å². The third-order valence-electron chi connectivity index (χ3n) is 2.34. The Morgan fingerprint density at radius 3 is 2.93 bits per heavy atom. The molecule has 14 heavy (non-hydrogen) atoms. The Morgan fingerprint density at radius 2 is 2.14 bits per heavy atom. The first kappa shape index (κ1) is 9.56. The maximum atomic E-state index is 5.90. The Labute approximate surface area is 88.3 Å². The summed E-state index contributed by atoms with van der Waals surface area (Å²) in [5.74, 6) is 0. The Balaban J connectivity index is 2.37. The molecule has 0 aliphatic carbocycles. The van der Waals surface area contributed by atoms with Crippen LogP contribution < -0.4 is 5.73 Å². The van der Waals surface area contributed by atoms with Crippen LogP contribution in [-0.2, 0) is 6.54 Å². The van der Waals surface area contributed by atoms with E-state index in [4.69, 9.17) is 17.3 Å². The Morgan fingerprint density at radius 1 is 1.29 bits per heavy atom. The molecule has 2 rings (SSSR count). The van der Waals surface area contributed by atoms with Crippen molar-refractivity contribution in [1.29, 1.82) is 0 Å². The van der Waals surface area contributed by atoms with Crippen molar-refractivity contribution in [3.8, 4) is 0 Å². The summed E-state index contributed by atoms with van der Waals surface area (Å²) in [6, 6.07) is 8.03. The van der Waals surface area contributed by atoms with Crippen LogP contribution in [0.1, 0.15) is 6.42 Å². The maximum absolute atomic E-state index is 5.90. The lowest BCUT2D eigenvalue weighted by Gasteiger charge is -2.03. The predicted octanol–water partition coefficient (Wildman–Crippen LogP) is 2.64. The summed E-state index contributed by atoms with van der Waals surface area (Å²) >= 11 is 5.90. The second-order valence-electron chi connectivity index (χ2n) is 3.35. The molecule has 2 N–H and O–H groups in total. The van der Waals surface area contributed by atoms with E-state index in [2.05, 4.69) is 16.8 Å². The molecule has 0 aliphatic rings. The molecule has 0 atom stereocenters. The number of halogens is 1. The summed E-state index contributed by atoms with van der Waals surface area (Å²) in [5.41, 5.74) is 6.70. The minimum atomic E-state index is 0.729. The van der Waals surface area contributed by atoms with Gasteiger partial charge in [-0.2, -0.15) is 0 Å². The van der Waals surface area contributed by atoms with Crippen LogP contribution in [0.2, 0.25) is 5.02 Å². The van der Waals surface area contributed by atoms with Crippen molar-refractivity contribution in [2.24, 2.45) is 5.73 Å². The molecule has 74 valence electrons. The highest BCUT2D eigenvalue weighted by molar-refractivity contribution is 6.31. The molecule has 0 saturated heterocycles. The number of aromatic nitrogens is 1. The van der Waals surface area contributed by atoms with Gasteiger partial charge in [0.2, 0.25) is 0 Å². The summed E-state index contributed by atoms with van der Waals surface area (Å²) in [6.07, 6.45) is 3.09. The van der Waals surface area contributed by atoms with E-state index < -0.39 is 0 Å². The molecule has 0 saturated carbocycles. The smallest absolute Gasteiger partial charge is 0.0481 e. The molecule has 1 heterocycles. The van der Waals surface area contributed by atoms with Gasteiger partial charge in [-0.3, -0.25) is 0 Å². The van der Waals surface area contributed by atoms with Crippen molar-refractivity contribution in [3.05, 3.63) is 35.5 Å². The molecular weight excluding hydrogens is 196 g/mol. The highest BCUT2D eigenvalue weighted by Crippen LogP contribution is 2.20. The molecule has 0 radical (unpaired) electrons. The summed E-state index contributed by atoms with van der Waals surface area (Å²) in [6.45, 7) is 1.70. The summed E-state index contributed by atoms with van der Waals surface area (Å²) in [7, 11) is 0. The fourth-order valence-electron chi connectivity index (χ4n) is 1.63. The number of rotatable bonds is 3. The minimum absolute atomic E-state index is 0.729. The number of hydrogen-bond donors (Lipinski definition) is 1. The number of benzene rings is 1. The van der Waals surface area contributed by atoms with Crippen LogP contribution in [0.25, 0.3) is 10.9 Å². The van der Waals surface area contributed by atoms with Crippen LogP contribution in [0, 0.1) is 0 Å². The zero-order valence-corrected chi connectivity index (χ0v) is 8.67. The van der Waals surface area contributed by atoms with Crippen molar-refractivity contribution < 1.29 is 0 Å². The van der Waals surface area contributed by atoms with Crippen LogP contribution in [0.4, 0.5) is 0 Å². The molecule has 0 amide bonds. The summed E-state index contributed by atoms with van der Waals surface area (Å²) in [5, 5.41) is 1.98. The topological polar surface area (TPSA) is 30.9 Å². The van der Waals surface area contributed by atoms with Crippen molar-refractivity contribution in [3.63, 3.8) is 0 Å². The third kappa shape index (κ3) is 1.76. The molecule has 0 aliphatic heterocycles. The first-order valence-corrected chi connectivity index (χ1v) is 5.13. The molecule has 3 heteroatoms. The van der Waals surface area contributed by atoms with Crippen LogP contribution >= 0.6 is 11.6 Å². The largest absolute Gasteiger partial charge is 0.347 e. The Bertz CT molecular complexity index is 434. The molecule has 1 aromatic heterocycles. The van der Waals surface area contributed by atoms with Gasteiger partial charge in [-0.05, 0) is 37.2 Å². The fourth-order valence-corrected chi connectivity index (χ4v) is 1.81. The van der Waals surface area contributed by atoms with Crippen LogP contribution in [0.5, 0.6) is 0 Å². The zero-order valence-electron chi connectivity index (χ0n) is 7.91. The molecule has 2 nitrogen and oxygen atoms in total. The predicted molar refractivity (Wildman–Crippen MR) is 60.6 cm³/mol. The van der Waals surface area contributed by atoms with E-state index in [9.17, 15) is 0 Å². The lowest BCUT2D eigenvalue weighted by Crippen LogP contribution is -2.04. The molecule has 0 unspecified atom stereocenters. The van der Waals surface area contributed by atoms with E-state index in [0.717, 1.165) is 24.5 Å². The van der Waals surface area contributed by atoms with Gasteiger partial charge >= 0.3 is 0 Å². The average Bonchev–Trinajstić information content (AvgIpc) is 2.57. The number of nitrogens with zero attached hydrogens (tertiary/aromatic N) is 1. The maximum Gasteiger partial charge on any atom is 0.0481 e. The van der Waals surface area contributed by atoms with Gasteiger partial charge in [0, 0.05) is 28.7 Å². The van der Waals surface area contributed by atoms with Gasteiger partial charge in [0.1, 0.15) is 0 Å². The quantitative estimate of drug-likeness (QED) is 0.826. The molecule has 1 aromatic carbocycles. The monoisotopic (exact) mass is 208 g/mol. The van der Waals surface area contributed by atoms with Gasteiger partial charge in [0.05, 0.1) is 0 Å². The molecule has 0 fully saturated rings. The van der Waals surface area contributed by atoms with E-state index in [0.29, 0.717) is 0 Å². The Hall–Kier alpha value is -0.990. The number of hydrogen-bond acceptors (Lipinski definition) is 1. The van der Waals surface area contributed by atoms with E-state index in [1.807, 2.05) is 18.2 Å². The number of nitrogens with two attached hydrogens (primary N) is 1. The van der Waals surface area contributed by atoms with Gasteiger partial charge in [-0.25, -0.2) is 0 Å². The van der Waals surface area contributed by atoms with Crippen LogP contribution in [0.3, 0.4) is 0 Å². The zero-order chi connectivity index (χ0) is 9.97. The molecule has 0 bridgehead atoms. The minimum Gasteiger partial charge on any atom is -0.347 e. The van der Waals surface area contributed by atoms with Gasteiger partial charge < -0.3 is 10.3 Å². The van der Waals surface area contributed by atoms with Gasteiger partial charge in [0.25, 0.3) is 0 Å². The van der Waals surface area contributed by atoms with E-state index >= 15 is 0 Å². The van der Waals surface area contributed by atoms with Crippen LogP contribution in [-0.4, -0.2) is 11.1 Å². The van der Waals surface area contributed by atoms with Crippen molar-refractivity contribution in [2.45, 2.75) is 13.0 Å². The van der Waals surface area contributed by atoms with Gasteiger partial charge in [-0.1, -0.05) is 11.6 Å². The second-order valence-corrected chi connectivity index (χ2v) is 3.79. The van der Waals surface area contributed by atoms with Crippen molar-refractivity contribution in [1.82, 2.24) is 4.57 Å². The van der Waals surface area contributed by atoms with Gasteiger partial charge in [0.15, 0.2) is 0 Å². The second kappa shape index (κ2) is 4.03. The number of fused-ring (bicyclic) bond motifs is 1. The SMILES string of the molecule is NCCCn1ccc2cc(Cl)ccc21. The number of aryl methyl sites for hydroxylation is 1. The van der Waals surface area contributed by atoms with Gasteiger partial charge in [-0.15, -0.1) is 0 Å². The fraction of sp³-hybridized carbons (Fsp3) is 0.273.